The van der Waals surface area contributed by atoms with Crippen LogP contribution in [0.25, 0.3) is 44.5 Å². The normalized spacial score (nSPS) is 15.1. The Kier molecular flexibility index (Phi) is 4.29. The molecule has 4 N–H and O–H groups in total. The van der Waals surface area contributed by atoms with Gasteiger partial charge in [-0.15, -0.1) is 0 Å². The monoisotopic (exact) mass is 425 g/mol. The van der Waals surface area contributed by atoms with Gasteiger partial charge in [0.25, 0.3) is 0 Å². The number of hydrogen-bond acceptors (Lipinski definition) is 7. The molecule has 0 aromatic carbocycles. The van der Waals surface area contributed by atoms with Gasteiger partial charge in [-0.2, -0.15) is 5.10 Å². The van der Waals surface area contributed by atoms with E-state index in [0.29, 0.717) is 5.69 Å². The van der Waals surface area contributed by atoms with Crippen molar-refractivity contribution in [1.29, 1.82) is 0 Å². The molecule has 1 aliphatic rings. The van der Waals surface area contributed by atoms with E-state index in [2.05, 4.69) is 54.1 Å². The van der Waals surface area contributed by atoms with Crippen LogP contribution in [0.15, 0.2) is 49.1 Å². The minimum Gasteiger partial charge on any atom is -0.397 e. The van der Waals surface area contributed by atoms with E-state index in [9.17, 15) is 0 Å². The van der Waals surface area contributed by atoms with E-state index in [-0.39, 0.29) is 0 Å². The van der Waals surface area contributed by atoms with Crippen LogP contribution >= 0.6 is 0 Å². The molecule has 1 aliphatic heterocycles. The number of fused-ring (bicyclic) bond motifs is 2. The van der Waals surface area contributed by atoms with Gasteiger partial charge in [0.15, 0.2) is 5.65 Å². The Balaban J connectivity index is 1.44. The van der Waals surface area contributed by atoms with E-state index >= 15 is 0 Å². The lowest BCUT2D eigenvalue weighted by atomic mass is 10.1. The molecular formula is C23H23N9. The first-order valence-corrected chi connectivity index (χ1v) is 10.6. The fraction of sp³-hybridized carbons (Fsp3) is 0.217. The van der Waals surface area contributed by atoms with Gasteiger partial charge in [-0.1, -0.05) is 0 Å². The lowest BCUT2D eigenvalue weighted by Crippen LogP contribution is -2.44. The molecule has 0 aliphatic carbocycles. The Morgan fingerprint density at radius 3 is 2.62 bits per heavy atom. The van der Waals surface area contributed by atoms with Gasteiger partial charge in [0.2, 0.25) is 0 Å². The van der Waals surface area contributed by atoms with Gasteiger partial charge in [0.1, 0.15) is 11.5 Å². The number of anilines is 2. The van der Waals surface area contributed by atoms with Crippen LogP contribution in [0.3, 0.4) is 0 Å². The van der Waals surface area contributed by atoms with Gasteiger partial charge < -0.3 is 20.5 Å². The Morgan fingerprint density at radius 1 is 0.938 bits per heavy atom. The molecule has 0 atom stereocenters. The molecular weight excluding hydrogens is 402 g/mol. The average molecular weight is 426 g/mol. The summed E-state index contributed by atoms with van der Waals surface area (Å²) < 4.78 is 0. The maximum absolute atomic E-state index is 5.92. The Labute approximate surface area is 184 Å². The number of nitrogens with two attached hydrogens (primary N) is 1. The smallest absolute Gasteiger partial charge is 0.155 e. The zero-order valence-corrected chi connectivity index (χ0v) is 17.7. The molecule has 9 heteroatoms. The molecule has 6 rings (SSSR count). The van der Waals surface area contributed by atoms with E-state index in [4.69, 9.17) is 10.7 Å². The van der Waals surface area contributed by atoms with E-state index in [1.807, 2.05) is 18.3 Å². The summed E-state index contributed by atoms with van der Waals surface area (Å²) in [5.74, 6) is 1.02. The van der Waals surface area contributed by atoms with Gasteiger partial charge in [-0.25, -0.2) is 9.97 Å². The van der Waals surface area contributed by atoms with Gasteiger partial charge in [0, 0.05) is 72.9 Å². The molecule has 0 unspecified atom stereocenters. The van der Waals surface area contributed by atoms with E-state index < -0.39 is 0 Å². The molecule has 0 bridgehead atoms. The number of aromatic nitrogens is 6. The maximum atomic E-state index is 5.92. The van der Waals surface area contributed by atoms with Gasteiger partial charge >= 0.3 is 0 Å². The van der Waals surface area contributed by atoms with Crippen molar-refractivity contribution in [2.45, 2.75) is 0 Å². The van der Waals surface area contributed by atoms with Crippen molar-refractivity contribution in [2.24, 2.45) is 0 Å². The minimum absolute atomic E-state index is 0.620. The second-order valence-corrected chi connectivity index (χ2v) is 8.27. The second kappa shape index (κ2) is 7.31. The number of nitrogen functional groups attached to an aromatic ring is 1. The number of nitrogens with one attached hydrogen (secondary N) is 2. The van der Waals surface area contributed by atoms with Crippen molar-refractivity contribution in [1.82, 2.24) is 35.0 Å². The summed E-state index contributed by atoms with van der Waals surface area (Å²) in [4.78, 5) is 21.7. The Morgan fingerprint density at radius 2 is 1.78 bits per heavy atom. The fourth-order valence-electron chi connectivity index (χ4n) is 4.32. The van der Waals surface area contributed by atoms with Crippen LogP contribution in [0.1, 0.15) is 0 Å². The van der Waals surface area contributed by atoms with Crippen molar-refractivity contribution in [3.05, 3.63) is 49.1 Å². The van der Waals surface area contributed by atoms with Crippen LogP contribution in [-0.2, 0) is 0 Å². The highest BCUT2D eigenvalue weighted by Gasteiger charge is 2.20. The third-order valence-corrected chi connectivity index (χ3v) is 6.09. The number of hydrogen-bond donors (Lipinski definition) is 3. The van der Waals surface area contributed by atoms with Crippen molar-refractivity contribution in [3.8, 4) is 22.5 Å². The average Bonchev–Trinajstić information content (AvgIpc) is 3.43. The van der Waals surface area contributed by atoms with E-state index in [0.717, 1.165) is 76.4 Å². The molecule has 0 amide bonds. The summed E-state index contributed by atoms with van der Waals surface area (Å²) in [6.45, 7) is 4.01. The molecule has 0 saturated carbocycles. The predicted octanol–water partition coefficient (Wildman–Crippen LogP) is 2.90. The minimum atomic E-state index is 0.620. The summed E-state index contributed by atoms with van der Waals surface area (Å²) in [5, 5.41) is 9.66. The number of aromatic amines is 2. The highest BCUT2D eigenvalue weighted by atomic mass is 15.3. The number of pyridine rings is 3. The van der Waals surface area contributed by atoms with Crippen LogP contribution in [0, 0.1) is 0 Å². The molecule has 32 heavy (non-hydrogen) atoms. The lowest BCUT2D eigenvalue weighted by molar-refractivity contribution is 0.312. The zero-order valence-electron chi connectivity index (χ0n) is 17.7. The number of rotatable bonds is 3. The van der Waals surface area contributed by atoms with Crippen molar-refractivity contribution < 1.29 is 0 Å². The summed E-state index contributed by atoms with van der Waals surface area (Å²) in [7, 11) is 2.16. The van der Waals surface area contributed by atoms with Crippen molar-refractivity contribution in [2.75, 3.05) is 43.9 Å². The predicted molar refractivity (Wildman–Crippen MR) is 126 cm³/mol. The molecule has 6 heterocycles. The number of nitrogens with zero attached hydrogens (tertiary/aromatic N) is 6. The first-order chi connectivity index (χ1) is 15.7. The maximum Gasteiger partial charge on any atom is 0.155 e. The summed E-state index contributed by atoms with van der Waals surface area (Å²) in [5.41, 5.74) is 11.9. The summed E-state index contributed by atoms with van der Waals surface area (Å²) >= 11 is 0. The Hall–Kier alpha value is -3.98. The SMILES string of the molecule is CN1CCN(c2nccc3[nH]c(-c4n[nH]c5ncc(-c6cncc(N)c6)cc45)cc23)CC1. The number of likely N-dealkylation sites (N-methyl/N-ethyl adjacent to an activating group) is 1. The molecule has 0 spiro atoms. The molecule has 160 valence electrons. The van der Waals surface area contributed by atoms with Gasteiger partial charge in [0.05, 0.1) is 16.9 Å². The quantitative estimate of drug-likeness (QED) is 0.407. The summed E-state index contributed by atoms with van der Waals surface area (Å²) in [6.07, 6.45) is 7.10. The Bertz CT molecular complexity index is 1430. The largest absolute Gasteiger partial charge is 0.397 e. The molecule has 5 aromatic heterocycles. The van der Waals surface area contributed by atoms with E-state index in [1.54, 1.807) is 18.6 Å². The standard InChI is InChI=1S/C23H23N9/c1-31-4-6-32(7-5-31)23-17-10-20(28-19(17)2-3-26-23)21-18-9-15(12-27-22(18)30-29-21)14-8-16(24)13-25-11-14/h2-3,8-13,28H,4-7,24H2,1H3,(H,27,29,30). The molecule has 5 aromatic rings. The third-order valence-electron chi connectivity index (χ3n) is 6.09. The van der Waals surface area contributed by atoms with Crippen LogP contribution in [-0.4, -0.2) is 68.3 Å². The topological polar surface area (TPSA) is 116 Å². The third kappa shape index (κ3) is 3.14. The zero-order chi connectivity index (χ0) is 21.7. The first-order valence-electron chi connectivity index (χ1n) is 10.6. The van der Waals surface area contributed by atoms with Crippen molar-refractivity contribution in [3.63, 3.8) is 0 Å². The lowest BCUT2D eigenvalue weighted by Gasteiger charge is -2.33. The van der Waals surface area contributed by atoms with Gasteiger partial charge in [-0.05, 0) is 31.3 Å². The van der Waals surface area contributed by atoms with Crippen LogP contribution < -0.4 is 10.6 Å². The highest BCUT2D eigenvalue weighted by Crippen LogP contribution is 2.33. The van der Waals surface area contributed by atoms with E-state index in [1.165, 1.54) is 0 Å². The number of H-pyrrole nitrogens is 2. The van der Waals surface area contributed by atoms with Crippen LogP contribution in [0.2, 0.25) is 0 Å². The second-order valence-electron chi connectivity index (χ2n) is 8.27. The highest BCUT2D eigenvalue weighted by molar-refractivity contribution is 5.99. The van der Waals surface area contributed by atoms with Crippen LogP contribution in [0.4, 0.5) is 11.5 Å². The fourth-order valence-corrected chi connectivity index (χ4v) is 4.32. The number of piperazine rings is 1. The molecule has 1 fully saturated rings. The first kappa shape index (κ1) is 18.8. The summed E-state index contributed by atoms with van der Waals surface area (Å²) in [6, 6.07) is 8.12. The molecule has 1 saturated heterocycles. The van der Waals surface area contributed by atoms with Crippen molar-refractivity contribution >= 4 is 33.4 Å². The molecule has 9 nitrogen and oxygen atoms in total. The molecule has 0 radical (unpaired) electrons. The van der Waals surface area contributed by atoms with Gasteiger partial charge in [-0.3, -0.25) is 10.1 Å². The van der Waals surface area contributed by atoms with Crippen LogP contribution in [0.5, 0.6) is 0 Å².